The number of carbonyl (C=O) groups is 4. The largest absolute Gasteiger partial charge is 0.352 e. The lowest BCUT2D eigenvalue weighted by molar-refractivity contribution is -0.114. The molecule has 3 N–H and O–H groups in total. The van der Waals surface area contributed by atoms with Crippen molar-refractivity contribution in [1.82, 2.24) is 5.32 Å². The summed E-state index contributed by atoms with van der Waals surface area (Å²) >= 11 is 0. The van der Waals surface area contributed by atoms with Crippen LogP contribution in [0.25, 0.3) is 0 Å². The maximum absolute atomic E-state index is 12.5. The Morgan fingerprint density at radius 3 is 2.34 bits per heavy atom. The normalized spacial score (nSPS) is 10.3. The highest BCUT2D eigenvalue weighted by Gasteiger charge is 2.20. The molecule has 29 heavy (non-hydrogen) atoms. The van der Waals surface area contributed by atoms with Gasteiger partial charge in [0.05, 0.1) is 11.3 Å². The summed E-state index contributed by atoms with van der Waals surface area (Å²) in [4.78, 5) is 48.5. The average Bonchev–Trinajstić information content (AvgIpc) is 2.67. The summed E-state index contributed by atoms with van der Waals surface area (Å²) in [5.74, 6) is -1.76. The monoisotopic (exact) mass is 395 g/mol. The maximum Gasteiger partial charge on any atom is 0.296 e. The van der Waals surface area contributed by atoms with Crippen LogP contribution in [0.1, 0.15) is 47.9 Å². The Hall–Kier alpha value is -3.48. The van der Waals surface area contributed by atoms with Gasteiger partial charge in [-0.2, -0.15) is 0 Å². The van der Waals surface area contributed by atoms with Crippen LogP contribution < -0.4 is 16.0 Å². The average molecular weight is 395 g/mol. The minimum Gasteiger partial charge on any atom is -0.352 e. The van der Waals surface area contributed by atoms with Gasteiger partial charge >= 0.3 is 0 Å². The molecule has 0 radical (unpaired) electrons. The third-order valence-electron chi connectivity index (χ3n) is 4.08. The highest BCUT2D eigenvalue weighted by Crippen LogP contribution is 2.17. The van der Waals surface area contributed by atoms with Crippen molar-refractivity contribution in [2.24, 2.45) is 5.92 Å². The Morgan fingerprint density at radius 1 is 0.931 bits per heavy atom. The summed E-state index contributed by atoms with van der Waals surface area (Å²) in [6.07, 6.45) is 0.865. The van der Waals surface area contributed by atoms with Crippen molar-refractivity contribution < 1.29 is 19.2 Å². The number of rotatable bonds is 8. The van der Waals surface area contributed by atoms with Crippen molar-refractivity contribution in [1.29, 1.82) is 0 Å². The predicted molar refractivity (Wildman–Crippen MR) is 112 cm³/mol. The molecule has 0 saturated carbocycles. The number of hydrogen-bond donors (Lipinski definition) is 3. The number of nitrogens with one attached hydrogen (secondary N) is 3. The molecule has 7 heteroatoms. The second-order valence-corrected chi connectivity index (χ2v) is 7.03. The third-order valence-corrected chi connectivity index (χ3v) is 4.08. The van der Waals surface area contributed by atoms with Crippen LogP contribution in [0.4, 0.5) is 11.4 Å². The Kier molecular flexibility index (Phi) is 7.65. The van der Waals surface area contributed by atoms with Crippen molar-refractivity contribution in [3.8, 4) is 0 Å². The first kappa shape index (κ1) is 21.8. The number of carbonyl (C=O) groups excluding carboxylic acids is 4. The number of ketones is 1. The number of anilines is 2. The Balaban J connectivity index is 2.08. The van der Waals surface area contributed by atoms with E-state index in [4.69, 9.17) is 0 Å². The predicted octanol–water partition coefficient (Wildman–Crippen LogP) is 3.24. The first-order chi connectivity index (χ1) is 13.8. The first-order valence-electron chi connectivity index (χ1n) is 9.38. The summed E-state index contributed by atoms with van der Waals surface area (Å²) in [7, 11) is 0. The number of benzene rings is 2. The van der Waals surface area contributed by atoms with Crippen LogP contribution in [0.15, 0.2) is 48.5 Å². The van der Waals surface area contributed by atoms with Crippen molar-refractivity contribution >= 4 is 34.9 Å². The Labute approximate surface area is 169 Å². The molecule has 3 amide bonds. The van der Waals surface area contributed by atoms with Gasteiger partial charge in [-0.25, -0.2) is 0 Å². The molecule has 0 spiro atoms. The second-order valence-electron chi connectivity index (χ2n) is 7.03. The van der Waals surface area contributed by atoms with Crippen LogP contribution in [0, 0.1) is 5.92 Å². The summed E-state index contributed by atoms with van der Waals surface area (Å²) < 4.78 is 0. The second kappa shape index (κ2) is 10.2. The van der Waals surface area contributed by atoms with Gasteiger partial charge in [0, 0.05) is 24.7 Å². The molecule has 2 aromatic carbocycles. The molecule has 2 aromatic rings. The standard InChI is InChI=1S/C22H25N3O4/c1-14(2)11-12-23-21(28)16-7-6-8-17(13-16)25-22(29)20(27)18-9-4-5-10-19(18)24-15(3)26/h4-10,13-14H,11-12H2,1-3H3,(H,23,28)(H,24,26)(H,25,29). The Bertz CT molecular complexity index is 922. The van der Waals surface area contributed by atoms with Crippen molar-refractivity contribution in [2.45, 2.75) is 27.2 Å². The van der Waals surface area contributed by atoms with E-state index in [1.807, 2.05) is 0 Å². The summed E-state index contributed by atoms with van der Waals surface area (Å²) in [5, 5.41) is 7.87. The molecular weight excluding hydrogens is 370 g/mol. The molecule has 0 unspecified atom stereocenters. The third kappa shape index (κ3) is 6.57. The molecule has 7 nitrogen and oxygen atoms in total. The topological polar surface area (TPSA) is 104 Å². The van der Waals surface area contributed by atoms with Gasteiger partial charge in [-0.3, -0.25) is 19.2 Å². The molecule has 0 atom stereocenters. The quantitative estimate of drug-likeness (QED) is 0.471. The zero-order valence-corrected chi connectivity index (χ0v) is 16.7. The van der Waals surface area contributed by atoms with Crippen molar-refractivity contribution in [3.05, 3.63) is 59.7 Å². The smallest absolute Gasteiger partial charge is 0.296 e. The van der Waals surface area contributed by atoms with E-state index in [2.05, 4.69) is 29.8 Å². The van der Waals surface area contributed by atoms with Gasteiger partial charge in [0.1, 0.15) is 0 Å². The lowest BCUT2D eigenvalue weighted by Gasteiger charge is -2.10. The van der Waals surface area contributed by atoms with Gasteiger partial charge in [0.2, 0.25) is 5.91 Å². The van der Waals surface area contributed by atoms with Gasteiger partial charge in [0.25, 0.3) is 17.6 Å². The van der Waals surface area contributed by atoms with Crippen LogP contribution in [-0.4, -0.2) is 30.0 Å². The minimum atomic E-state index is -0.861. The number of amides is 3. The highest BCUT2D eigenvalue weighted by atomic mass is 16.2. The maximum atomic E-state index is 12.5. The van der Waals surface area contributed by atoms with Crippen LogP contribution in [0.2, 0.25) is 0 Å². The zero-order valence-electron chi connectivity index (χ0n) is 16.7. The fourth-order valence-electron chi connectivity index (χ4n) is 2.60. The van der Waals surface area contributed by atoms with Crippen LogP contribution in [0.5, 0.6) is 0 Å². The molecule has 0 saturated heterocycles. The van der Waals surface area contributed by atoms with Gasteiger partial charge in [-0.1, -0.05) is 32.0 Å². The lowest BCUT2D eigenvalue weighted by atomic mass is 10.1. The van der Waals surface area contributed by atoms with E-state index in [-0.39, 0.29) is 23.1 Å². The molecule has 152 valence electrons. The highest BCUT2D eigenvalue weighted by molar-refractivity contribution is 6.47. The van der Waals surface area contributed by atoms with E-state index >= 15 is 0 Å². The van der Waals surface area contributed by atoms with E-state index in [9.17, 15) is 19.2 Å². The molecule has 0 aliphatic carbocycles. The van der Waals surface area contributed by atoms with E-state index in [0.29, 0.717) is 23.7 Å². The van der Waals surface area contributed by atoms with Crippen molar-refractivity contribution in [3.63, 3.8) is 0 Å². The van der Waals surface area contributed by atoms with Crippen LogP contribution in [0.3, 0.4) is 0 Å². The summed E-state index contributed by atoms with van der Waals surface area (Å²) in [6, 6.07) is 12.6. The lowest BCUT2D eigenvalue weighted by Crippen LogP contribution is -2.26. The Morgan fingerprint density at radius 2 is 1.66 bits per heavy atom. The first-order valence-corrected chi connectivity index (χ1v) is 9.38. The SMILES string of the molecule is CC(=O)Nc1ccccc1C(=O)C(=O)Nc1cccc(C(=O)NCCC(C)C)c1. The van der Waals surface area contributed by atoms with E-state index in [1.165, 1.54) is 19.1 Å². The molecule has 0 aliphatic rings. The number of Topliss-reactive ketones (excluding diaryl/α,β-unsaturated/α-hetero) is 1. The van der Waals surface area contributed by atoms with E-state index in [1.54, 1.807) is 36.4 Å². The molecule has 0 fully saturated rings. The molecule has 0 aliphatic heterocycles. The van der Waals surface area contributed by atoms with E-state index in [0.717, 1.165) is 6.42 Å². The summed E-state index contributed by atoms with van der Waals surface area (Å²) in [6.45, 7) is 6.03. The fraction of sp³-hybridized carbons (Fsp3) is 0.273. The molecular formula is C22H25N3O4. The van der Waals surface area contributed by atoms with Crippen molar-refractivity contribution in [2.75, 3.05) is 17.2 Å². The molecule has 0 heterocycles. The number of para-hydroxylation sites is 1. The summed E-state index contributed by atoms with van der Waals surface area (Å²) in [5.41, 5.74) is 1.07. The van der Waals surface area contributed by atoms with Gasteiger partial charge in [0.15, 0.2) is 0 Å². The van der Waals surface area contributed by atoms with Crippen LogP contribution >= 0.6 is 0 Å². The number of hydrogen-bond acceptors (Lipinski definition) is 4. The molecule has 0 bridgehead atoms. The minimum absolute atomic E-state index is 0.0859. The van der Waals surface area contributed by atoms with Gasteiger partial charge < -0.3 is 16.0 Å². The van der Waals surface area contributed by atoms with E-state index < -0.39 is 11.7 Å². The van der Waals surface area contributed by atoms with Crippen LogP contribution in [-0.2, 0) is 9.59 Å². The zero-order chi connectivity index (χ0) is 21.4. The molecule has 0 aromatic heterocycles. The fourth-order valence-corrected chi connectivity index (χ4v) is 2.60. The van der Waals surface area contributed by atoms with Gasteiger partial charge in [-0.05, 0) is 42.7 Å². The molecule has 2 rings (SSSR count). The van der Waals surface area contributed by atoms with Gasteiger partial charge in [-0.15, -0.1) is 0 Å².